The van der Waals surface area contributed by atoms with Crippen LogP contribution in [0.2, 0.25) is 0 Å². The van der Waals surface area contributed by atoms with Gasteiger partial charge in [0.15, 0.2) is 0 Å². The second-order valence-electron chi connectivity index (χ2n) is 7.48. The van der Waals surface area contributed by atoms with Crippen LogP contribution in [-0.2, 0) is 16.0 Å². The molecule has 0 radical (unpaired) electrons. The molecule has 0 aliphatic carbocycles. The Balaban J connectivity index is 1.55. The molecule has 0 spiro atoms. The molecule has 6 nitrogen and oxygen atoms in total. The van der Waals surface area contributed by atoms with Gasteiger partial charge in [0.25, 0.3) is 0 Å². The second kappa shape index (κ2) is 9.32. The number of carbonyl (C=O) groups is 2. The summed E-state index contributed by atoms with van der Waals surface area (Å²) >= 11 is 1.78. The maximum absolute atomic E-state index is 13.0. The lowest BCUT2D eigenvalue weighted by Crippen LogP contribution is -2.40. The zero-order valence-corrected chi connectivity index (χ0v) is 18.4. The van der Waals surface area contributed by atoms with Crippen molar-refractivity contribution in [3.63, 3.8) is 0 Å². The zero-order chi connectivity index (χ0) is 21.8. The van der Waals surface area contributed by atoms with Gasteiger partial charge in [-0.2, -0.15) is 0 Å². The number of hydrogen-bond acceptors (Lipinski definition) is 5. The van der Waals surface area contributed by atoms with Crippen molar-refractivity contribution in [2.75, 3.05) is 30.8 Å². The van der Waals surface area contributed by atoms with E-state index in [9.17, 15) is 9.59 Å². The summed E-state index contributed by atoms with van der Waals surface area (Å²) in [6, 6.07) is 17.7. The summed E-state index contributed by atoms with van der Waals surface area (Å²) < 4.78 is 5.38. The Morgan fingerprint density at radius 1 is 1.13 bits per heavy atom. The van der Waals surface area contributed by atoms with Gasteiger partial charge in [-0.3, -0.25) is 14.5 Å². The standard InChI is InChI=1S/C24H25N3O3S/c1-16(28)25-18-8-9-21(30-2)20(14-18)26-23(29)15-27-12-10-22-19(11-13-31-22)24(27)17-6-4-3-5-7-17/h3-9,11,13-14,24H,10,12,15H2,1-2H3,(H,25,28)(H,26,29)/t24-/m1/s1. The first-order valence-corrected chi connectivity index (χ1v) is 11.0. The van der Waals surface area contributed by atoms with Gasteiger partial charge in [0, 0.05) is 24.0 Å². The highest BCUT2D eigenvalue weighted by atomic mass is 32.1. The fourth-order valence-corrected chi connectivity index (χ4v) is 4.93. The molecule has 160 valence electrons. The van der Waals surface area contributed by atoms with Crippen molar-refractivity contribution < 1.29 is 14.3 Å². The number of nitrogens with one attached hydrogen (secondary N) is 2. The average Bonchev–Trinajstić information content (AvgIpc) is 3.23. The maximum Gasteiger partial charge on any atom is 0.238 e. The molecular formula is C24H25N3O3S. The van der Waals surface area contributed by atoms with Crippen molar-refractivity contribution in [3.8, 4) is 5.75 Å². The number of thiophene rings is 1. The lowest BCUT2D eigenvalue weighted by molar-refractivity contribution is -0.118. The minimum atomic E-state index is -0.173. The highest BCUT2D eigenvalue weighted by Crippen LogP contribution is 2.37. The molecule has 0 bridgehead atoms. The number of ether oxygens (including phenoxy) is 1. The third-order valence-corrected chi connectivity index (χ3v) is 6.32. The van der Waals surface area contributed by atoms with Crippen LogP contribution in [0.25, 0.3) is 0 Å². The fourth-order valence-electron chi connectivity index (χ4n) is 4.03. The van der Waals surface area contributed by atoms with E-state index in [1.54, 1.807) is 36.6 Å². The zero-order valence-electron chi connectivity index (χ0n) is 17.6. The van der Waals surface area contributed by atoms with E-state index in [1.165, 1.54) is 22.9 Å². The topological polar surface area (TPSA) is 70.7 Å². The van der Waals surface area contributed by atoms with Gasteiger partial charge < -0.3 is 15.4 Å². The summed E-state index contributed by atoms with van der Waals surface area (Å²) in [5.74, 6) is 0.242. The van der Waals surface area contributed by atoms with Crippen LogP contribution in [-0.4, -0.2) is 36.9 Å². The Morgan fingerprint density at radius 3 is 2.68 bits per heavy atom. The van der Waals surface area contributed by atoms with Crippen molar-refractivity contribution in [1.82, 2.24) is 4.90 Å². The Labute approximate surface area is 185 Å². The summed E-state index contributed by atoms with van der Waals surface area (Å²) in [5.41, 5.74) is 3.59. The predicted octanol–water partition coefficient (Wildman–Crippen LogP) is 4.30. The largest absolute Gasteiger partial charge is 0.495 e. The van der Waals surface area contributed by atoms with Crippen LogP contribution in [0, 0.1) is 0 Å². The Kier molecular flexibility index (Phi) is 6.34. The third kappa shape index (κ3) is 4.78. The number of nitrogens with zero attached hydrogens (tertiary/aromatic N) is 1. The summed E-state index contributed by atoms with van der Waals surface area (Å²) in [5, 5.41) is 7.82. The highest BCUT2D eigenvalue weighted by Gasteiger charge is 2.30. The SMILES string of the molecule is COc1ccc(NC(C)=O)cc1NC(=O)CN1CCc2sccc2[C@H]1c1ccccc1. The van der Waals surface area contributed by atoms with Crippen molar-refractivity contribution in [1.29, 1.82) is 0 Å². The number of benzene rings is 2. The summed E-state index contributed by atoms with van der Waals surface area (Å²) in [7, 11) is 1.55. The van der Waals surface area contributed by atoms with Gasteiger partial charge in [-0.05, 0) is 47.2 Å². The van der Waals surface area contributed by atoms with Gasteiger partial charge in [-0.25, -0.2) is 0 Å². The molecule has 2 N–H and O–H groups in total. The van der Waals surface area contributed by atoms with E-state index in [-0.39, 0.29) is 24.4 Å². The van der Waals surface area contributed by atoms with Crippen molar-refractivity contribution in [3.05, 3.63) is 76.0 Å². The summed E-state index contributed by atoms with van der Waals surface area (Å²) in [6.07, 6.45) is 0.935. The Bertz CT molecular complexity index is 1080. The smallest absolute Gasteiger partial charge is 0.238 e. The first-order valence-electron chi connectivity index (χ1n) is 10.2. The molecule has 3 aromatic rings. The molecule has 2 aromatic carbocycles. The summed E-state index contributed by atoms with van der Waals surface area (Å²) in [6.45, 7) is 2.51. The highest BCUT2D eigenvalue weighted by molar-refractivity contribution is 7.10. The molecule has 1 aromatic heterocycles. The number of carbonyl (C=O) groups excluding carboxylic acids is 2. The van der Waals surface area contributed by atoms with Gasteiger partial charge in [-0.1, -0.05) is 30.3 Å². The van der Waals surface area contributed by atoms with E-state index in [0.717, 1.165) is 13.0 Å². The van der Waals surface area contributed by atoms with E-state index < -0.39 is 0 Å². The molecule has 1 atom stereocenters. The van der Waals surface area contributed by atoms with Crippen molar-refractivity contribution >= 4 is 34.5 Å². The number of amides is 2. The van der Waals surface area contributed by atoms with Crippen molar-refractivity contribution in [2.24, 2.45) is 0 Å². The number of fused-ring (bicyclic) bond motifs is 1. The van der Waals surface area contributed by atoms with Gasteiger partial charge in [0.05, 0.1) is 25.4 Å². The molecule has 4 rings (SSSR count). The second-order valence-corrected chi connectivity index (χ2v) is 8.48. The first-order chi connectivity index (χ1) is 15.0. The van der Waals surface area contributed by atoms with Gasteiger partial charge in [-0.15, -0.1) is 11.3 Å². The molecule has 7 heteroatoms. The first kappa shape index (κ1) is 21.1. The molecule has 1 aliphatic heterocycles. The van der Waals surface area contributed by atoms with Crippen LogP contribution in [0.5, 0.6) is 5.75 Å². The van der Waals surface area contributed by atoms with E-state index in [2.05, 4.69) is 39.1 Å². The normalized spacial score (nSPS) is 15.7. The fraction of sp³-hybridized carbons (Fsp3) is 0.250. The Morgan fingerprint density at radius 2 is 1.94 bits per heavy atom. The molecule has 0 saturated heterocycles. The monoisotopic (exact) mass is 435 g/mol. The van der Waals surface area contributed by atoms with Crippen LogP contribution in [0.1, 0.15) is 29.0 Å². The van der Waals surface area contributed by atoms with Gasteiger partial charge in [0.1, 0.15) is 5.75 Å². The Hall–Kier alpha value is -3.16. The quantitative estimate of drug-likeness (QED) is 0.606. The third-order valence-electron chi connectivity index (χ3n) is 5.32. The number of anilines is 2. The molecule has 2 amide bonds. The van der Waals surface area contributed by atoms with Crippen LogP contribution in [0.4, 0.5) is 11.4 Å². The lowest BCUT2D eigenvalue weighted by Gasteiger charge is -2.35. The molecular weight excluding hydrogens is 410 g/mol. The maximum atomic E-state index is 13.0. The van der Waals surface area contributed by atoms with E-state index in [1.807, 2.05) is 18.2 Å². The number of methoxy groups -OCH3 is 1. The number of rotatable bonds is 6. The molecule has 31 heavy (non-hydrogen) atoms. The van der Waals surface area contributed by atoms with E-state index in [0.29, 0.717) is 17.1 Å². The lowest BCUT2D eigenvalue weighted by atomic mass is 9.93. The van der Waals surface area contributed by atoms with Crippen LogP contribution >= 0.6 is 11.3 Å². The van der Waals surface area contributed by atoms with E-state index in [4.69, 9.17) is 4.74 Å². The predicted molar refractivity (Wildman–Crippen MR) is 124 cm³/mol. The molecule has 0 fully saturated rings. The minimum absolute atomic E-state index is 0.0505. The molecule has 0 saturated carbocycles. The van der Waals surface area contributed by atoms with Crippen LogP contribution in [0.3, 0.4) is 0 Å². The van der Waals surface area contributed by atoms with Crippen molar-refractivity contribution in [2.45, 2.75) is 19.4 Å². The van der Waals surface area contributed by atoms with Crippen LogP contribution < -0.4 is 15.4 Å². The van der Waals surface area contributed by atoms with Gasteiger partial charge >= 0.3 is 0 Å². The van der Waals surface area contributed by atoms with E-state index >= 15 is 0 Å². The molecule has 2 heterocycles. The minimum Gasteiger partial charge on any atom is -0.495 e. The number of hydrogen-bond donors (Lipinski definition) is 2. The van der Waals surface area contributed by atoms with Gasteiger partial charge in [0.2, 0.25) is 11.8 Å². The molecule has 0 unspecified atom stereocenters. The average molecular weight is 436 g/mol. The van der Waals surface area contributed by atoms with Crippen LogP contribution in [0.15, 0.2) is 60.0 Å². The summed E-state index contributed by atoms with van der Waals surface area (Å²) in [4.78, 5) is 28.0. The molecule has 1 aliphatic rings.